The molecule has 0 aliphatic heterocycles. The summed E-state index contributed by atoms with van der Waals surface area (Å²) < 4.78 is 2.01. The number of hydrogen-bond donors (Lipinski definition) is 1. The van der Waals surface area contributed by atoms with Crippen molar-refractivity contribution < 1.29 is 4.79 Å². The predicted octanol–water partition coefficient (Wildman–Crippen LogP) is 4.70. The van der Waals surface area contributed by atoms with E-state index in [1.807, 2.05) is 11.5 Å². The number of hydrogen-bond acceptors (Lipinski definition) is 4. The van der Waals surface area contributed by atoms with Gasteiger partial charge in [0.1, 0.15) is 5.82 Å². The normalized spacial score (nSPS) is 20.2. The highest BCUT2D eigenvalue weighted by atomic mass is 32.2. The average Bonchev–Trinajstić information content (AvgIpc) is 3.01. The van der Waals surface area contributed by atoms with Gasteiger partial charge in [0.2, 0.25) is 5.91 Å². The molecule has 1 fully saturated rings. The largest absolute Gasteiger partial charge is 0.352 e. The number of aryl methyl sites for hydroxylation is 2. The molecule has 3 rings (SSSR count). The van der Waals surface area contributed by atoms with Crippen molar-refractivity contribution in [1.29, 1.82) is 0 Å². The Bertz CT molecular complexity index is 807. The fourth-order valence-corrected chi connectivity index (χ4v) is 4.95. The van der Waals surface area contributed by atoms with E-state index in [1.165, 1.54) is 36.6 Å². The lowest BCUT2D eigenvalue weighted by Gasteiger charge is -2.40. The van der Waals surface area contributed by atoms with Gasteiger partial charge < -0.3 is 5.32 Å². The number of nitrogens with one attached hydrogen (secondary N) is 1. The fourth-order valence-electron chi connectivity index (χ4n) is 4.15. The van der Waals surface area contributed by atoms with Gasteiger partial charge in [0.05, 0.1) is 5.75 Å². The van der Waals surface area contributed by atoms with Crippen molar-refractivity contribution in [2.45, 2.75) is 71.5 Å². The molecule has 1 N–H and O–H groups in total. The Labute approximate surface area is 172 Å². The molecule has 1 heterocycles. The van der Waals surface area contributed by atoms with Gasteiger partial charge in [-0.2, -0.15) is 0 Å². The molecule has 1 amide bonds. The average molecular weight is 401 g/mol. The molecule has 0 saturated heterocycles. The zero-order valence-corrected chi connectivity index (χ0v) is 18.5. The van der Waals surface area contributed by atoms with Crippen LogP contribution in [0.4, 0.5) is 0 Å². The van der Waals surface area contributed by atoms with Crippen LogP contribution >= 0.6 is 11.8 Å². The van der Waals surface area contributed by atoms with E-state index < -0.39 is 0 Å². The van der Waals surface area contributed by atoms with Crippen molar-refractivity contribution in [3.8, 4) is 5.69 Å². The monoisotopic (exact) mass is 400 g/mol. The Morgan fingerprint density at radius 2 is 1.82 bits per heavy atom. The second-order valence-electron chi connectivity index (χ2n) is 8.92. The SMILES string of the molecule is Cc1ccc(-n2c(C)nnc2SCC(=O)NC2CCCCC2C(C)(C)C)cc1. The quantitative estimate of drug-likeness (QED) is 0.739. The van der Waals surface area contributed by atoms with Gasteiger partial charge in [0, 0.05) is 11.7 Å². The van der Waals surface area contributed by atoms with E-state index in [1.54, 1.807) is 0 Å². The lowest BCUT2D eigenvalue weighted by Crippen LogP contribution is -2.47. The summed E-state index contributed by atoms with van der Waals surface area (Å²) in [7, 11) is 0. The Morgan fingerprint density at radius 3 is 2.50 bits per heavy atom. The lowest BCUT2D eigenvalue weighted by atomic mass is 9.69. The first-order valence-corrected chi connectivity index (χ1v) is 11.2. The third-order valence-corrected chi connectivity index (χ3v) is 6.57. The number of aromatic nitrogens is 3. The summed E-state index contributed by atoms with van der Waals surface area (Å²) in [6.07, 6.45) is 4.74. The first-order valence-electron chi connectivity index (χ1n) is 10.2. The molecule has 0 bridgehead atoms. The Balaban J connectivity index is 1.64. The lowest BCUT2D eigenvalue weighted by molar-refractivity contribution is -0.120. The minimum Gasteiger partial charge on any atom is -0.352 e. The van der Waals surface area contributed by atoms with Gasteiger partial charge in [0.15, 0.2) is 5.16 Å². The molecule has 28 heavy (non-hydrogen) atoms. The van der Waals surface area contributed by atoms with Gasteiger partial charge in [-0.25, -0.2) is 0 Å². The summed E-state index contributed by atoms with van der Waals surface area (Å²) in [4.78, 5) is 12.7. The highest BCUT2D eigenvalue weighted by Crippen LogP contribution is 2.38. The zero-order valence-electron chi connectivity index (χ0n) is 17.7. The van der Waals surface area contributed by atoms with E-state index in [0.717, 1.165) is 23.1 Å². The van der Waals surface area contributed by atoms with E-state index in [9.17, 15) is 4.79 Å². The molecule has 0 radical (unpaired) electrons. The second kappa shape index (κ2) is 8.68. The molecule has 1 saturated carbocycles. The van der Waals surface area contributed by atoms with Crippen LogP contribution in [0.3, 0.4) is 0 Å². The molecule has 1 aromatic heterocycles. The van der Waals surface area contributed by atoms with Gasteiger partial charge in [0.25, 0.3) is 0 Å². The first-order chi connectivity index (χ1) is 13.3. The van der Waals surface area contributed by atoms with Gasteiger partial charge in [-0.3, -0.25) is 9.36 Å². The number of amides is 1. The van der Waals surface area contributed by atoms with Gasteiger partial charge in [-0.1, -0.05) is 63.1 Å². The standard InChI is InChI=1S/C22H32N4OS/c1-15-10-12-17(13-11-15)26-16(2)24-25-21(26)28-14-20(27)23-19-9-7-6-8-18(19)22(3,4)5/h10-13,18-19H,6-9,14H2,1-5H3,(H,23,27). The minimum absolute atomic E-state index is 0.0854. The Morgan fingerprint density at radius 1 is 1.14 bits per heavy atom. The highest BCUT2D eigenvalue weighted by Gasteiger charge is 2.34. The summed E-state index contributed by atoms with van der Waals surface area (Å²) >= 11 is 1.45. The molecule has 1 aromatic carbocycles. The molecule has 2 unspecified atom stereocenters. The summed E-state index contributed by atoms with van der Waals surface area (Å²) in [5, 5.41) is 12.6. The van der Waals surface area contributed by atoms with Crippen LogP contribution in [0.25, 0.3) is 5.69 Å². The van der Waals surface area contributed by atoms with E-state index in [0.29, 0.717) is 11.7 Å². The van der Waals surface area contributed by atoms with Crippen LogP contribution in [0.2, 0.25) is 0 Å². The molecule has 2 aromatic rings. The van der Waals surface area contributed by atoms with E-state index in [-0.39, 0.29) is 17.4 Å². The molecular formula is C22H32N4OS. The van der Waals surface area contributed by atoms with Crippen molar-refractivity contribution in [3.63, 3.8) is 0 Å². The number of thioether (sulfide) groups is 1. The summed E-state index contributed by atoms with van der Waals surface area (Å²) in [5.41, 5.74) is 2.45. The summed E-state index contributed by atoms with van der Waals surface area (Å²) in [6.45, 7) is 10.9. The second-order valence-corrected chi connectivity index (χ2v) is 9.86. The Kier molecular flexibility index (Phi) is 6.48. The fraction of sp³-hybridized carbons (Fsp3) is 0.591. The van der Waals surface area contributed by atoms with Crippen molar-refractivity contribution in [2.75, 3.05) is 5.75 Å². The van der Waals surface area contributed by atoms with Crippen molar-refractivity contribution in [1.82, 2.24) is 20.1 Å². The Hall–Kier alpha value is -1.82. The number of carbonyl (C=O) groups excluding carboxylic acids is 1. The molecule has 2 atom stereocenters. The molecule has 1 aliphatic rings. The van der Waals surface area contributed by atoms with Crippen molar-refractivity contribution >= 4 is 17.7 Å². The molecule has 6 heteroatoms. The number of rotatable bonds is 5. The van der Waals surface area contributed by atoms with Crippen LogP contribution in [0, 0.1) is 25.2 Å². The van der Waals surface area contributed by atoms with Gasteiger partial charge in [-0.15, -0.1) is 10.2 Å². The third-order valence-electron chi connectivity index (χ3n) is 5.64. The predicted molar refractivity (Wildman–Crippen MR) is 115 cm³/mol. The van der Waals surface area contributed by atoms with E-state index in [2.05, 4.69) is 67.5 Å². The molecule has 152 valence electrons. The maximum Gasteiger partial charge on any atom is 0.230 e. The molecule has 1 aliphatic carbocycles. The molecule has 5 nitrogen and oxygen atoms in total. The van der Waals surface area contributed by atoms with Crippen LogP contribution in [0.1, 0.15) is 57.8 Å². The molecular weight excluding hydrogens is 368 g/mol. The molecule has 0 spiro atoms. The van der Waals surface area contributed by atoms with Crippen LogP contribution < -0.4 is 5.32 Å². The number of carbonyl (C=O) groups is 1. The highest BCUT2D eigenvalue weighted by molar-refractivity contribution is 7.99. The van der Waals surface area contributed by atoms with Crippen molar-refractivity contribution in [3.05, 3.63) is 35.7 Å². The van der Waals surface area contributed by atoms with E-state index in [4.69, 9.17) is 0 Å². The number of benzene rings is 1. The van der Waals surface area contributed by atoms with Crippen LogP contribution in [0.15, 0.2) is 29.4 Å². The van der Waals surface area contributed by atoms with Gasteiger partial charge in [-0.05, 0) is 50.2 Å². The summed E-state index contributed by atoms with van der Waals surface area (Å²) in [5.74, 6) is 1.81. The van der Waals surface area contributed by atoms with Gasteiger partial charge >= 0.3 is 0 Å². The minimum atomic E-state index is 0.0854. The summed E-state index contributed by atoms with van der Waals surface area (Å²) in [6, 6.07) is 8.55. The van der Waals surface area contributed by atoms with Crippen LogP contribution in [-0.4, -0.2) is 32.5 Å². The van der Waals surface area contributed by atoms with E-state index >= 15 is 0 Å². The third kappa shape index (κ3) is 4.96. The maximum absolute atomic E-state index is 12.7. The number of nitrogens with zero attached hydrogens (tertiary/aromatic N) is 3. The smallest absolute Gasteiger partial charge is 0.230 e. The topological polar surface area (TPSA) is 59.8 Å². The van der Waals surface area contributed by atoms with Crippen molar-refractivity contribution in [2.24, 2.45) is 11.3 Å². The zero-order chi connectivity index (χ0) is 20.3. The van der Waals surface area contributed by atoms with Crippen LogP contribution in [-0.2, 0) is 4.79 Å². The maximum atomic E-state index is 12.7. The first kappa shape index (κ1) is 20.9. The van der Waals surface area contributed by atoms with Crippen LogP contribution in [0.5, 0.6) is 0 Å².